The van der Waals surface area contributed by atoms with Crippen molar-refractivity contribution >= 4 is 35.8 Å². The lowest BCUT2D eigenvalue weighted by Gasteiger charge is -2.38. The molecule has 0 aromatic heterocycles. The average molecular weight is 462 g/mol. The number of halogens is 1. The highest BCUT2D eigenvalue weighted by atomic mass is 127. The van der Waals surface area contributed by atoms with Crippen LogP contribution in [0.15, 0.2) is 4.99 Å². The van der Waals surface area contributed by atoms with Crippen LogP contribution in [0.1, 0.15) is 58.8 Å². The number of hydrogen-bond donors (Lipinski definition) is 1. The lowest BCUT2D eigenvalue weighted by atomic mass is 9.68. The molecule has 2 aliphatic heterocycles. The number of nitrogens with zero attached hydrogens (tertiary/aromatic N) is 3. The number of hydrogen-bond acceptors (Lipinski definition) is 2. The highest BCUT2D eigenvalue weighted by Gasteiger charge is 2.43. The molecule has 3 rings (SSSR count). The van der Waals surface area contributed by atoms with E-state index in [2.05, 4.69) is 24.1 Å². The summed E-state index contributed by atoms with van der Waals surface area (Å²) in [6.45, 7) is 9.98. The first-order valence-electron chi connectivity index (χ1n) is 9.93. The van der Waals surface area contributed by atoms with Crippen molar-refractivity contribution < 1.29 is 4.79 Å². The molecule has 25 heavy (non-hydrogen) atoms. The van der Waals surface area contributed by atoms with Crippen molar-refractivity contribution in [2.24, 2.45) is 16.3 Å². The van der Waals surface area contributed by atoms with Crippen LogP contribution < -0.4 is 5.32 Å². The Kier molecular flexibility index (Phi) is 7.83. The molecule has 1 aliphatic carbocycles. The SMILES string of the molecule is CCNC(=NCCC(=O)N1CCCC(C)C1)N1CCC2(CCC2)C1.I. The van der Waals surface area contributed by atoms with Crippen LogP contribution in [0.4, 0.5) is 0 Å². The van der Waals surface area contributed by atoms with Gasteiger partial charge in [0, 0.05) is 39.1 Å². The molecular formula is C19H35IN4O. The van der Waals surface area contributed by atoms with Crippen LogP contribution in [-0.2, 0) is 4.79 Å². The smallest absolute Gasteiger partial charge is 0.224 e. The quantitative estimate of drug-likeness (QED) is 0.397. The number of rotatable bonds is 4. The molecule has 2 heterocycles. The van der Waals surface area contributed by atoms with E-state index in [9.17, 15) is 4.79 Å². The number of aliphatic imine (C=N–C) groups is 1. The minimum Gasteiger partial charge on any atom is -0.357 e. The van der Waals surface area contributed by atoms with Crippen LogP contribution >= 0.6 is 24.0 Å². The zero-order valence-corrected chi connectivity index (χ0v) is 18.3. The van der Waals surface area contributed by atoms with Crippen molar-refractivity contribution in [3.63, 3.8) is 0 Å². The van der Waals surface area contributed by atoms with E-state index in [1.807, 2.05) is 4.90 Å². The number of amides is 1. The van der Waals surface area contributed by atoms with Crippen LogP contribution in [-0.4, -0.2) is 60.9 Å². The summed E-state index contributed by atoms with van der Waals surface area (Å²) in [6, 6.07) is 0. The van der Waals surface area contributed by atoms with E-state index in [0.717, 1.165) is 45.1 Å². The van der Waals surface area contributed by atoms with Gasteiger partial charge in [-0.3, -0.25) is 9.79 Å². The topological polar surface area (TPSA) is 47.9 Å². The Labute approximate surface area is 170 Å². The Balaban J connectivity index is 0.00000225. The summed E-state index contributed by atoms with van der Waals surface area (Å²) in [7, 11) is 0. The van der Waals surface area contributed by atoms with Gasteiger partial charge in [-0.05, 0) is 50.4 Å². The normalized spacial score (nSPS) is 25.5. The third kappa shape index (κ3) is 5.23. The Morgan fingerprint density at radius 1 is 1.20 bits per heavy atom. The lowest BCUT2D eigenvalue weighted by molar-refractivity contribution is -0.132. The molecular weight excluding hydrogens is 427 g/mol. The molecule has 1 spiro atoms. The fraction of sp³-hybridized carbons (Fsp3) is 0.895. The maximum Gasteiger partial charge on any atom is 0.224 e. The maximum atomic E-state index is 12.4. The standard InChI is InChI=1S/C19H34N4O.HI/c1-3-20-18(23-13-10-19(15-23)8-5-9-19)21-11-7-17(24)22-12-4-6-16(2)14-22;/h16H,3-15H2,1-2H3,(H,20,21);1H. The number of nitrogens with one attached hydrogen (secondary N) is 1. The van der Waals surface area contributed by atoms with Gasteiger partial charge >= 0.3 is 0 Å². The minimum absolute atomic E-state index is 0. The molecule has 5 nitrogen and oxygen atoms in total. The molecule has 0 bridgehead atoms. The Bertz CT molecular complexity index is 478. The molecule has 0 aromatic carbocycles. The van der Waals surface area contributed by atoms with Gasteiger partial charge in [0.25, 0.3) is 0 Å². The van der Waals surface area contributed by atoms with Crippen molar-refractivity contribution in [3.05, 3.63) is 0 Å². The third-order valence-corrected chi connectivity index (χ3v) is 6.08. The lowest BCUT2D eigenvalue weighted by Crippen LogP contribution is -2.43. The molecule has 3 fully saturated rings. The van der Waals surface area contributed by atoms with E-state index in [-0.39, 0.29) is 29.9 Å². The molecule has 1 saturated carbocycles. The molecule has 2 saturated heterocycles. The molecule has 1 unspecified atom stereocenters. The van der Waals surface area contributed by atoms with Gasteiger partial charge in [0.15, 0.2) is 5.96 Å². The van der Waals surface area contributed by atoms with E-state index >= 15 is 0 Å². The minimum atomic E-state index is 0. The summed E-state index contributed by atoms with van der Waals surface area (Å²) in [4.78, 5) is 21.6. The summed E-state index contributed by atoms with van der Waals surface area (Å²) >= 11 is 0. The van der Waals surface area contributed by atoms with Crippen LogP contribution in [0.2, 0.25) is 0 Å². The zero-order valence-electron chi connectivity index (χ0n) is 15.9. The second kappa shape index (κ2) is 9.42. The van der Waals surface area contributed by atoms with Gasteiger partial charge in [0.05, 0.1) is 6.54 Å². The second-order valence-electron chi connectivity index (χ2n) is 8.10. The molecule has 3 aliphatic rings. The van der Waals surface area contributed by atoms with Crippen molar-refractivity contribution in [2.75, 3.05) is 39.3 Å². The predicted octanol–water partition coefficient (Wildman–Crippen LogP) is 3.09. The van der Waals surface area contributed by atoms with Gasteiger partial charge in [-0.2, -0.15) is 0 Å². The number of guanidine groups is 1. The molecule has 0 radical (unpaired) electrons. The van der Waals surface area contributed by atoms with Crippen molar-refractivity contribution in [1.29, 1.82) is 0 Å². The fourth-order valence-corrected chi connectivity index (χ4v) is 4.46. The highest BCUT2D eigenvalue weighted by molar-refractivity contribution is 14.0. The van der Waals surface area contributed by atoms with Crippen molar-refractivity contribution in [3.8, 4) is 0 Å². The van der Waals surface area contributed by atoms with Gasteiger partial charge in [0.2, 0.25) is 5.91 Å². The first-order valence-corrected chi connectivity index (χ1v) is 9.93. The zero-order chi connectivity index (χ0) is 17.0. The first kappa shape index (κ1) is 20.8. The third-order valence-electron chi connectivity index (χ3n) is 6.08. The summed E-state index contributed by atoms with van der Waals surface area (Å²) in [6.07, 6.45) is 8.41. The van der Waals surface area contributed by atoms with E-state index in [1.165, 1.54) is 32.1 Å². The van der Waals surface area contributed by atoms with Gasteiger partial charge in [-0.1, -0.05) is 13.3 Å². The molecule has 6 heteroatoms. The van der Waals surface area contributed by atoms with Crippen molar-refractivity contribution in [1.82, 2.24) is 15.1 Å². The summed E-state index contributed by atoms with van der Waals surface area (Å²) in [5, 5.41) is 3.42. The highest BCUT2D eigenvalue weighted by Crippen LogP contribution is 2.47. The van der Waals surface area contributed by atoms with Gasteiger partial charge < -0.3 is 15.1 Å². The number of piperidine rings is 1. The molecule has 144 valence electrons. The Hall–Kier alpha value is -0.530. The largest absolute Gasteiger partial charge is 0.357 e. The predicted molar refractivity (Wildman–Crippen MR) is 113 cm³/mol. The van der Waals surface area contributed by atoms with Gasteiger partial charge in [-0.15, -0.1) is 24.0 Å². The summed E-state index contributed by atoms with van der Waals surface area (Å²) in [5.41, 5.74) is 0.579. The van der Waals surface area contributed by atoms with Gasteiger partial charge in [-0.25, -0.2) is 0 Å². The summed E-state index contributed by atoms with van der Waals surface area (Å²) in [5.74, 6) is 1.94. The molecule has 1 N–H and O–H groups in total. The second-order valence-corrected chi connectivity index (χ2v) is 8.10. The van der Waals surface area contributed by atoms with Crippen LogP contribution in [0.5, 0.6) is 0 Å². The molecule has 0 aromatic rings. The molecule has 1 amide bonds. The fourth-order valence-electron chi connectivity index (χ4n) is 4.46. The summed E-state index contributed by atoms with van der Waals surface area (Å²) < 4.78 is 0. The van der Waals surface area contributed by atoms with Crippen molar-refractivity contribution in [2.45, 2.75) is 58.8 Å². The van der Waals surface area contributed by atoms with E-state index in [4.69, 9.17) is 4.99 Å². The van der Waals surface area contributed by atoms with E-state index in [0.29, 0.717) is 24.3 Å². The van der Waals surface area contributed by atoms with Crippen LogP contribution in [0.3, 0.4) is 0 Å². The number of carbonyl (C=O) groups excluding carboxylic acids is 1. The maximum absolute atomic E-state index is 12.4. The molecule has 1 atom stereocenters. The van der Waals surface area contributed by atoms with Crippen LogP contribution in [0, 0.1) is 11.3 Å². The van der Waals surface area contributed by atoms with Crippen LogP contribution in [0.25, 0.3) is 0 Å². The Morgan fingerprint density at radius 2 is 2.00 bits per heavy atom. The number of carbonyl (C=O) groups is 1. The first-order chi connectivity index (χ1) is 11.6. The van der Waals surface area contributed by atoms with E-state index in [1.54, 1.807) is 0 Å². The monoisotopic (exact) mass is 462 g/mol. The Morgan fingerprint density at radius 3 is 2.60 bits per heavy atom. The van der Waals surface area contributed by atoms with Gasteiger partial charge in [0.1, 0.15) is 0 Å². The van der Waals surface area contributed by atoms with E-state index < -0.39 is 0 Å². The average Bonchev–Trinajstić information content (AvgIpc) is 3.00. The number of likely N-dealkylation sites (tertiary alicyclic amines) is 2.